The summed E-state index contributed by atoms with van der Waals surface area (Å²) in [4.78, 5) is 10.9. The number of carbonyl (C=O) groups is 1. The summed E-state index contributed by atoms with van der Waals surface area (Å²) >= 11 is 1.89. The first-order chi connectivity index (χ1) is 8.60. The van der Waals surface area contributed by atoms with Gasteiger partial charge in [0.05, 0.1) is 16.9 Å². The topological polar surface area (TPSA) is 75.3 Å². The largest absolute Gasteiger partial charge is 0.478 e. The van der Waals surface area contributed by atoms with Crippen LogP contribution in [0.3, 0.4) is 0 Å². The van der Waals surface area contributed by atoms with Crippen molar-refractivity contribution in [1.82, 2.24) is 0 Å². The minimum atomic E-state index is -0.925. The predicted octanol–water partition coefficient (Wildman–Crippen LogP) is 2.66. The average molecular weight is 266 g/mol. The smallest absolute Gasteiger partial charge is 0.335 e. The van der Waals surface area contributed by atoms with Gasteiger partial charge in [-0.25, -0.2) is 4.79 Å². The number of carboxylic acid groups (broad SMARTS) is 1. The van der Waals surface area contributed by atoms with E-state index < -0.39 is 5.97 Å². The van der Waals surface area contributed by atoms with E-state index in [1.165, 1.54) is 12.5 Å². The van der Waals surface area contributed by atoms with E-state index in [4.69, 9.17) is 10.8 Å². The van der Waals surface area contributed by atoms with Crippen molar-refractivity contribution in [2.75, 3.05) is 17.3 Å². The average Bonchev–Trinajstić information content (AvgIpc) is 2.79. The van der Waals surface area contributed by atoms with Gasteiger partial charge in [0, 0.05) is 11.3 Å². The third-order valence-corrected chi connectivity index (χ3v) is 4.47. The second-order valence-corrected chi connectivity index (χ2v) is 5.76. The number of thioether (sulfide) groups is 1. The van der Waals surface area contributed by atoms with E-state index in [0.29, 0.717) is 17.0 Å². The molecule has 0 aromatic heterocycles. The first-order valence-electron chi connectivity index (χ1n) is 6.02. The van der Waals surface area contributed by atoms with Crippen LogP contribution in [-0.2, 0) is 0 Å². The summed E-state index contributed by atoms with van der Waals surface area (Å²) in [7, 11) is 0. The molecule has 18 heavy (non-hydrogen) atoms. The van der Waals surface area contributed by atoms with Crippen molar-refractivity contribution in [2.45, 2.75) is 30.6 Å². The van der Waals surface area contributed by atoms with E-state index >= 15 is 0 Å². The Labute approximate surface area is 111 Å². The van der Waals surface area contributed by atoms with Gasteiger partial charge in [-0.15, -0.1) is 0 Å². The van der Waals surface area contributed by atoms with Crippen LogP contribution >= 0.6 is 11.8 Å². The lowest BCUT2D eigenvalue weighted by Gasteiger charge is -2.16. The Hall–Kier alpha value is -1.36. The molecule has 0 radical (unpaired) electrons. The minimum Gasteiger partial charge on any atom is -0.478 e. The van der Waals surface area contributed by atoms with E-state index in [2.05, 4.69) is 11.6 Å². The van der Waals surface area contributed by atoms with Crippen LogP contribution in [0.4, 0.5) is 11.4 Å². The van der Waals surface area contributed by atoms with E-state index in [-0.39, 0.29) is 5.56 Å². The van der Waals surface area contributed by atoms with Gasteiger partial charge in [-0.05, 0) is 43.7 Å². The van der Waals surface area contributed by atoms with Crippen molar-refractivity contribution < 1.29 is 9.90 Å². The van der Waals surface area contributed by atoms with Gasteiger partial charge >= 0.3 is 5.97 Å². The van der Waals surface area contributed by atoms with E-state index in [9.17, 15) is 4.79 Å². The Balaban J connectivity index is 2.09. The van der Waals surface area contributed by atoms with Gasteiger partial charge in [0.25, 0.3) is 0 Å². The third kappa shape index (κ3) is 2.90. The van der Waals surface area contributed by atoms with Crippen molar-refractivity contribution in [2.24, 2.45) is 0 Å². The number of carboxylic acids is 1. The van der Waals surface area contributed by atoms with Gasteiger partial charge in [0.15, 0.2) is 0 Å². The summed E-state index contributed by atoms with van der Waals surface area (Å²) in [6.45, 7) is 0. The summed E-state index contributed by atoms with van der Waals surface area (Å²) < 4.78 is 0. The fourth-order valence-corrected chi connectivity index (χ4v) is 3.12. The SMILES string of the molecule is CSC1CCC(Nc2cc(C(=O)O)ccc2N)C1. The number of anilines is 2. The van der Waals surface area contributed by atoms with Crippen molar-refractivity contribution in [3.63, 3.8) is 0 Å². The maximum absolute atomic E-state index is 10.9. The number of nitrogens with one attached hydrogen (secondary N) is 1. The monoisotopic (exact) mass is 266 g/mol. The second kappa shape index (κ2) is 5.52. The Morgan fingerprint density at radius 3 is 2.89 bits per heavy atom. The zero-order valence-corrected chi connectivity index (χ0v) is 11.2. The van der Waals surface area contributed by atoms with Gasteiger partial charge in [-0.1, -0.05) is 0 Å². The molecule has 0 bridgehead atoms. The number of nitrogen functional groups attached to an aromatic ring is 1. The van der Waals surface area contributed by atoms with Crippen LogP contribution < -0.4 is 11.1 Å². The highest BCUT2D eigenvalue weighted by Crippen LogP contribution is 2.31. The molecule has 1 fully saturated rings. The van der Waals surface area contributed by atoms with E-state index in [0.717, 1.165) is 18.5 Å². The number of nitrogens with two attached hydrogens (primary N) is 1. The number of hydrogen-bond acceptors (Lipinski definition) is 4. The lowest BCUT2D eigenvalue weighted by atomic mass is 10.1. The van der Waals surface area contributed by atoms with Gasteiger partial charge in [-0.2, -0.15) is 11.8 Å². The molecule has 1 aliphatic rings. The molecule has 0 amide bonds. The number of rotatable bonds is 4. The molecule has 1 aromatic carbocycles. The molecule has 0 aliphatic heterocycles. The van der Waals surface area contributed by atoms with Gasteiger partial charge in [-0.3, -0.25) is 0 Å². The zero-order valence-electron chi connectivity index (χ0n) is 10.3. The predicted molar refractivity (Wildman–Crippen MR) is 76.4 cm³/mol. The molecule has 4 N–H and O–H groups in total. The Kier molecular flexibility index (Phi) is 4.01. The summed E-state index contributed by atoms with van der Waals surface area (Å²) in [6, 6.07) is 5.19. The molecule has 0 heterocycles. The maximum Gasteiger partial charge on any atom is 0.335 e. The molecule has 2 rings (SSSR count). The normalized spacial score (nSPS) is 22.9. The van der Waals surface area contributed by atoms with E-state index in [1.54, 1.807) is 12.1 Å². The standard InChI is InChI=1S/C13H18N2O2S/c1-18-10-4-3-9(7-10)15-12-6-8(13(16)17)2-5-11(12)14/h2,5-6,9-10,15H,3-4,7,14H2,1H3,(H,16,17). The van der Waals surface area contributed by atoms with Gasteiger partial charge in [0.2, 0.25) is 0 Å². The summed E-state index contributed by atoms with van der Waals surface area (Å²) in [5.74, 6) is -0.925. The van der Waals surface area contributed by atoms with Gasteiger partial charge in [0.1, 0.15) is 0 Å². The molecule has 0 spiro atoms. The number of aromatic carboxylic acids is 1. The maximum atomic E-state index is 10.9. The Bertz CT molecular complexity index is 451. The quantitative estimate of drug-likeness (QED) is 0.730. The molecule has 1 saturated carbocycles. The highest BCUT2D eigenvalue weighted by atomic mass is 32.2. The lowest BCUT2D eigenvalue weighted by molar-refractivity contribution is 0.0697. The molecule has 4 nitrogen and oxygen atoms in total. The first kappa shape index (κ1) is 13.1. The van der Waals surface area contributed by atoms with Crippen LogP contribution in [0.2, 0.25) is 0 Å². The van der Waals surface area contributed by atoms with Gasteiger partial charge < -0.3 is 16.2 Å². The molecular formula is C13H18N2O2S. The number of hydrogen-bond donors (Lipinski definition) is 3. The molecule has 1 aromatic rings. The summed E-state index contributed by atoms with van der Waals surface area (Å²) in [5.41, 5.74) is 7.49. The molecule has 5 heteroatoms. The van der Waals surface area contributed by atoms with Crippen molar-refractivity contribution >= 4 is 29.1 Å². The van der Waals surface area contributed by atoms with Crippen molar-refractivity contribution in [1.29, 1.82) is 0 Å². The molecule has 0 saturated heterocycles. The molecule has 2 atom stereocenters. The van der Waals surface area contributed by atoms with Crippen LogP contribution in [-0.4, -0.2) is 28.6 Å². The molecule has 1 aliphatic carbocycles. The first-order valence-corrected chi connectivity index (χ1v) is 7.31. The highest BCUT2D eigenvalue weighted by Gasteiger charge is 2.24. The second-order valence-electron chi connectivity index (χ2n) is 4.62. The van der Waals surface area contributed by atoms with Crippen LogP contribution in [0.5, 0.6) is 0 Å². The van der Waals surface area contributed by atoms with Crippen LogP contribution in [0.15, 0.2) is 18.2 Å². The minimum absolute atomic E-state index is 0.270. The summed E-state index contributed by atoms with van der Waals surface area (Å²) in [6.07, 6.45) is 5.56. The number of benzene rings is 1. The lowest BCUT2D eigenvalue weighted by Crippen LogP contribution is -2.17. The summed E-state index contributed by atoms with van der Waals surface area (Å²) in [5, 5.41) is 13.0. The fourth-order valence-electron chi connectivity index (χ4n) is 2.32. The van der Waals surface area contributed by atoms with Crippen LogP contribution in [0.1, 0.15) is 29.6 Å². The molecular weight excluding hydrogens is 248 g/mol. The molecule has 98 valence electrons. The highest BCUT2D eigenvalue weighted by molar-refractivity contribution is 7.99. The Morgan fingerprint density at radius 1 is 1.50 bits per heavy atom. The van der Waals surface area contributed by atoms with Crippen LogP contribution in [0.25, 0.3) is 0 Å². The zero-order chi connectivity index (χ0) is 13.1. The third-order valence-electron chi connectivity index (χ3n) is 3.38. The van der Waals surface area contributed by atoms with Crippen LogP contribution in [0, 0.1) is 0 Å². The van der Waals surface area contributed by atoms with Crippen molar-refractivity contribution in [3.8, 4) is 0 Å². The van der Waals surface area contributed by atoms with Crippen molar-refractivity contribution in [3.05, 3.63) is 23.8 Å². The molecule has 2 unspecified atom stereocenters. The fraction of sp³-hybridized carbons (Fsp3) is 0.462. The van der Waals surface area contributed by atoms with E-state index in [1.807, 2.05) is 11.8 Å². The Morgan fingerprint density at radius 2 is 2.28 bits per heavy atom.